The monoisotopic (exact) mass is 366 g/mol. The third-order valence-electron chi connectivity index (χ3n) is 4.80. The number of rotatable bonds is 3. The van der Waals surface area contributed by atoms with E-state index in [1.165, 1.54) is 0 Å². The highest BCUT2D eigenvalue weighted by molar-refractivity contribution is 5.93. The van der Waals surface area contributed by atoms with Gasteiger partial charge in [-0.15, -0.1) is 12.4 Å². The maximum atomic E-state index is 12.4. The van der Waals surface area contributed by atoms with Crippen molar-refractivity contribution in [2.75, 3.05) is 39.8 Å². The Labute approximate surface area is 152 Å². The predicted octanol–water partition coefficient (Wildman–Crippen LogP) is 1.30. The topological polar surface area (TPSA) is 90.3 Å². The second kappa shape index (κ2) is 7.55. The quantitative estimate of drug-likeness (QED) is 0.851. The maximum absolute atomic E-state index is 12.4. The van der Waals surface area contributed by atoms with Crippen LogP contribution in [0, 0.1) is 0 Å². The molecule has 4 rings (SSSR count). The highest BCUT2D eigenvalue weighted by Gasteiger charge is 2.26. The average Bonchev–Trinajstić information content (AvgIpc) is 3.34. The number of aromatic nitrogens is 3. The summed E-state index contributed by atoms with van der Waals surface area (Å²) in [5.74, 6) is 1.16. The Balaban J connectivity index is 0.00000182. The van der Waals surface area contributed by atoms with E-state index in [0.29, 0.717) is 17.4 Å². The van der Waals surface area contributed by atoms with E-state index in [4.69, 9.17) is 4.52 Å². The summed E-state index contributed by atoms with van der Waals surface area (Å²) in [4.78, 5) is 24.0. The van der Waals surface area contributed by atoms with Gasteiger partial charge in [0.05, 0.1) is 11.6 Å². The molecule has 136 valence electrons. The first-order chi connectivity index (χ1) is 11.7. The number of hydrogen-bond donors (Lipinski definition) is 2. The highest BCUT2D eigenvalue weighted by Crippen LogP contribution is 2.24. The fourth-order valence-electron chi connectivity index (χ4n) is 3.31. The molecule has 4 heterocycles. The molecule has 8 nitrogen and oxygen atoms in total. The van der Waals surface area contributed by atoms with Crippen LogP contribution in [0.1, 0.15) is 35.2 Å². The van der Waals surface area contributed by atoms with Crippen LogP contribution in [-0.4, -0.2) is 70.6 Å². The van der Waals surface area contributed by atoms with E-state index in [1.807, 2.05) is 4.90 Å². The minimum absolute atomic E-state index is 0. The molecular formula is C16H23ClN6O2. The second-order valence-electron chi connectivity index (χ2n) is 6.46. The second-order valence-corrected chi connectivity index (χ2v) is 6.46. The molecule has 2 saturated heterocycles. The third kappa shape index (κ3) is 3.56. The normalized spacial score (nSPS) is 21.3. The van der Waals surface area contributed by atoms with Crippen molar-refractivity contribution in [3.05, 3.63) is 23.8 Å². The molecule has 25 heavy (non-hydrogen) atoms. The molecule has 1 unspecified atom stereocenters. The lowest BCUT2D eigenvalue weighted by atomic mass is 10.2. The number of amides is 1. The smallest absolute Gasteiger partial charge is 0.270 e. The molecule has 0 saturated carbocycles. The number of carbonyl (C=O) groups is 1. The number of H-pyrrole nitrogens is 1. The molecule has 0 radical (unpaired) electrons. The van der Waals surface area contributed by atoms with Crippen molar-refractivity contribution in [3.8, 4) is 11.5 Å². The van der Waals surface area contributed by atoms with Gasteiger partial charge in [0.2, 0.25) is 0 Å². The van der Waals surface area contributed by atoms with Crippen LogP contribution in [0.2, 0.25) is 0 Å². The summed E-state index contributed by atoms with van der Waals surface area (Å²) < 4.78 is 5.41. The van der Waals surface area contributed by atoms with Crippen molar-refractivity contribution in [2.45, 2.75) is 18.9 Å². The van der Waals surface area contributed by atoms with Crippen LogP contribution in [0.5, 0.6) is 0 Å². The Bertz CT molecular complexity index is 724. The lowest BCUT2D eigenvalue weighted by Gasteiger charge is -2.30. The van der Waals surface area contributed by atoms with Gasteiger partial charge in [0, 0.05) is 38.9 Å². The zero-order valence-corrected chi connectivity index (χ0v) is 15.0. The number of likely N-dealkylation sites (N-methyl/N-ethyl adjacent to an activating group) is 1. The van der Waals surface area contributed by atoms with Gasteiger partial charge in [-0.1, -0.05) is 5.16 Å². The molecule has 2 aromatic heterocycles. The summed E-state index contributed by atoms with van der Waals surface area (Å²) in [6, 6.07) is 1.90. The number of carbonyl (C=O) groups excluding carboxylic acids is 1. The number of likely N-dealkylation sites (tertiary alicyclic amines) is 1. The van der Waals surface area contributed by atoms with E-state index < -0.39 is 0 Å². The highest BCUT2D eigenvalue weighted by atomic mass is 35.5. The Morgan fingerprint density at radius 2 is 2.12 bits per heavy atom. The van der Waals surface area contributed by atoms with Crippen LogP contribution in [0.4, 0.5) is 0 Å². The fraction of sp³-hybridized carbons (Fsp3) is 0.562. The minimum Gasteiger partial charge on any atom is -0.356 e. The van der Waals surface area contributed by atoms with E-state index in [2.05, 4.69) is 32.4 Å². The molecule has 0 aromatic carbocycles. The van der Waals surface area contributed by atoms with E-state index in [-0.39, 0.29) is 24.4 Å². The summed E-state index contributed by atoms with van der Waals surface area (Å²) in [6.07, 6.45) is 3.91. The summed E-state index contributed by atoms with van der Waals surface area (Å²) in [6.45, 7) is 4.39. The molecule has 0 spiro atoms. The maximum Gasteiger partial charge on any atom is 0.270 e. The van der Waals surface area contributed by atoms with E-state index in [9.17, 15) is 4.79 Å². The SMILES string of the molecule is CN1CCNCC1c1noc(-c2c[nH]c(C(=O)N3CCCC3)c2)n1.Cl. The number of hydrogen-bond acceptors (Lipinski definition) is 6. The van der Waals surface area contributed by atoms with Crippen LogP contribution in [0.25, 0.3) is 11.5 Å². The minimum atomic E-state index is 0. The van der Waals surface area contributed by atoms with Crippen LogP contribution < -0.4 is 5.32 Å². The first-order valence-corrected chi connectivity index (χ1v) is 8.45. The molecule has 1 amide bonds. The van der Waals surface area contributed by atoms with Crippen LogP contribution in [0.15, 0.2) is 16.8 Å². The van der Waals surface area contributed by atoms with Crippen molar-refractivity contribution in [1.82, 2.24) is 30.2 Å². The molecule has 0 bridgehead atoms. The fourth-order valence-corrected chi connectivity index (χ4v) is 3.31. The van der Waals surface area contributed by atoms with Crippen molar-refractivity contribution in [1.29, 1.82) is 0 Å². The molecule has 2 aromatic rings. The van der Waals surface area contributed by atoms with Crippen molar-refractivity contribution in [2.24, 2.45) is 0 Å². The Kier molecular flexibility index (Phi) is 5.41. The van der Waals surface area contributed by atoms with E-state index in [0.717, 1.165) is 51.1 Å². The predicted molar refractivity (Wildman–Crippen MR) is 94.7 cm³/mol. The van der Waals surface area contributed by atoms with Crippen LogP contribution in [0.3, 0.4) is 0 Å². The molecule has 2 N–H and O–H groups in total. The van der Waals surface area contributed by atoms with Crippen molar-refractivity contribution < 1.29 is 9.32 Å². The standard InChI is InChI=1S/C16H22N6O2.ClH/c1-21-7-4-17-10-13(21)14-19-15(24-20-14)11-8-12(18-9-11)16(23)22-5-2-3-6-22;/h8-9,13,17-18H,2-7,10H2,1H3;1H. The largest absolute Gasteiger partial charge is 0.356 e. The number of nitrogens with zero attached hydrogens (tertiary/aromatic N) is 4. The molecule has 2 fully saturated rings. The van der Waals surface area contributed by atoms with Crippen LogP contribution in [-0.2, 0) is 0 Å². The molecule has 9 heteroatoms. The number of piperazine rings is 1. The van der Waals surface area contributed by atoms with Crippen LogP contribution >= 0.6 is 12.4 Å². The molecular weight excluding hydrogens is 344 g/mol. The van der Waals surface area contributed by atoms with Gasteiger partial charge in [-0.2, -0.15) is 4.98 Å². The van der Waals surface area contributed by atoms with Gasteiger partial charge in [-0.25, -0.2) is 0 Å². The Hall–Kier alpha value is -1.90. The summed E-state index contributed by atoms with van der Waals surface area (Å²) in [5.41, 5.74) is 1.32. The van der Waals surface area contributed by atoms with Gasteiger partial charge in [-0.3, -0.25) is 9.69 Å². The van der Waals surface area contributed by atoms with Gasteiger partial charge in [-0.05, 0) is 26.0 Å². The lowest BCUT2D eigenvalue weighted by Crippen LogP contribution is -2.44. The molecule has 1 atom stereocenters. The lowest BCUT2D eigenvalue weighted by molar-refractivity contribution is 0.0788. The first kappa shape index (κ1) is 17.9. The van der Waals surface area contributed by atoms with Gasteiger partial charge in [0.25, 0.3) is 11.8 Å². The summed E-state index contributed by atoms with van der Waals surface area (Å²) in [5, 5.41) is 7.46. The van der Waals surface area contributed by atoms with Gasteiger partial charge < -0.3 is 19.7 Å². The number of halogens is 1. The molecule has 2 aliphatic rings. The Morgan fingerprint density at radius 3 is 2.88 bits per heavy atom. The van der Waals surface area contributed by atoms with E-state index >= 15 is 0 Å². The Morgan fingerprint density at radius 1 is 1.32 bits per heavy atom. The van der Waals surface area contributed by atoms with Gasteiger partial charge in [0.15, 0.2) is 5.82 Å². The van der Waals surface area contributed by atoms with E-state index in [1.54, 1.807) is 12.3 Å². The number of nitrogens with one attached hydrogen (secondary N) is 2. The zero-order valence-electron chi connectivity index (χ0n) is 14.2. The summed E-state index contributed by atoms with van der Waals surface area (Å²) >= 11 is 0. The van der Waals surface area contributed by atoms with Crippen molar-refractivity contribution in [3.63, 3.8) is 0 Å². The molecule has 0 aliphatic carbocycles. The first-order valence-electron chi connectivity index (χ1n) is 8.45. The number of aromatic amines is 1. The average molecular weight is 367 g/mol. The van der Waals surface area contributed by atoms with Gasteiger partial charge in [0.1, 0.15) is 5.69 Å². The van der Waals surface area contributed by atoms with Crippen molar-refractivity contribution >= 4 is 18.3 Å². The third-order valence-corrected chi connectivity index (χ3v) is 4.80. The van der Waals surface area contributed by atoms with Gasteiger partial charge >= 0.3 is 0 Å². The summed E-state index contributed by atoms with van der Waals surface area (Å²) in [7, 11) is 2.06. The molecule has 2 aliphatic heterocycles. The zero-order chi connectivity index (χ0) is 16.5.